The summed E-state index contributed by atoms with van der Waals surface area (Å²) in [5.41, 5.74) is -1.98. The Kier molecular flexibility index (Phi) is 8.27. The van der Waals surface area contributed by atoms with E-state index < -0.39 is 63.7 Å². The fraction of sp³-hybridized carbons (Fsp3) is 0.550. The molecule has 0 spiro atoms. The van der Waals surface area contributed by atoms with Crippen molar-refractivity contribution in [2.24, 2.45) is 0 Å². The number of anilines is 2. The minimum Gasteiger partial charge on any atom is -0.506 e. The number of halogens is 1. The molecule has 1 aromatic rings. The predicted octanol–water partition coefficient (Wildman–Crippen LogP) is 1.17. The minimum atomic E-state index is -4.43. The Balaban J connectivity index is 0.00000456. The van der Waals surface area contributed by atoms with E-state index >= 15 is 4.39 Å². The van der Waals surface area contributed by atoms with Crippen LogP contribution in [0.15, 0.2) is 6.07 Å². The minimum absolute atomic E-state index is 0. The lowest BCUT2D eigenvalue weighted by atomic mass is 10.1. The van der Waals surface area contributed by atoms with Gasteiger partial charge in [0.25, 0.3) is 5.91 Å². The second-order valence-corrected chi connectivity index (χ2v) is 10.6. The molecule has 0 aromatic heterocycles. The number of phenolic OH excluding ortho intramolecular Hbond substituents is 1. The molecule has 2 aliphatic rings. The fourth-order valence-electron chi connectivity index (χ4n) is 3.91. The van der Waals surface area contributed by atoms with Crippen molar-refractivity contribution in [1.82, 2.24) is 15.8 Å². The third-order valence-electron chi connectivity index (χ3n) is 5.29. The number of rotatable bonds is 6. The van der Waals surface area contributed by atoms with Crippen molar-refractivity contribution >= 4 is 39.7 Å². The molecule has 1 atom stereocenters. The summed E-state index contributed by atoms with van der Waals surface area (Å²) in [6, 6.07) is -0.0568. The summed E-state index contributed by atoms with van der Waals surface area (Å²) in [6.07, 6.45) is -2.43. The van der Waals surface area contributed by atoms with E-state index in [4.69, 9.17) is 9.47 Å². The van der Waals surface area contributed by atoms with Gasteiger partial charge in [-0.3, -0.25) is 9.69 Å². The fourth-order valence-corrected chi connectivity index (χ4v) is 5.08. The number of phenols is 1. The molecule has 2 aliphatic heterocycles. The second-order valence-electron chi connectivity index (χ2n) is 9.02. The van der Waals surface area contributed by atoms with Crippen molar-refractivity contribution < 1.29 is 46.9 Å². The topological polar surface area (TPSA) is 201 Å². The van der Waals surface area contributed by atoms with Gasteiger partial charge in [0.2, 0.25) is 0 Å². The van der Waals surface area contributed by atoms with Gasteiger partial charge in [-0.15, -0.1) is 0 Å². The van der Waals surface area contributed by atoms with E-state index in [0.717, 1.165) is 11.0 Å². The van der Waals surface area contributed by atoms with Crippen molar-refractivity contribution in [2.75, 3.05) is 42.6 Å². The molecular weight excluding hydrogens is 505 g/mol. The average molecular weight is 536 g/mol. The summed E-state index contributed by atoms with van der Waals surface area (Å²) < 4.78 is 52.4. The van der Waals surface area contributed by atoms with Crippen LogP contribution >= 0.6 is 0 Å². The number of carbonyl (C=O) groups is 3. The largest absolute Gasteiger partial charge is 0.506 e. The molecule has 202 valence electrons. The Labute approximate surface area is 207 Å². The van der Waals surface area contributed by atoms with Gasteiger partial charge in [0.15, 0.2) is 5.82 Å². The standard InChI is InChI=1S/C20H27FN4O9S.H3N/c1-20(2,3)34-19(30)23(5-6-33-4)9-11-7-12-13(25(11)18(28)29)8-14(26)17(16(12)21)24-10-15(27)22-35(24,31)32;/h8,11,26H,5-7,9-10H2,1-4H3,(H,22,27)(H,28,29);1H3/t11-;/m1./s1. The Bertz CT molecular complexity index is 1160. The van der Waals surface area contributed by atoms with E-state index in [2.05, 4.69) is 0 Å². The van der Waals surface area contributed by atoms with Crippen LogP contribution in [0.3, 0.4) is 0 Å². The van der Waals surface area contributed by atoms with Gasteiger partial charge >= 0.3 is 22.4 Å². The summed E-state index contributed by atoms with van der Waals surface area (Å²) in [6.45, 7) is 4.24. The molecule has 0 saturated carbocycles. The number of carbonyl (C=O) groups excluding carboxylic acids is 2. The highest BCUT2D eigenvalue weighted by Gasteiger charge is 2.43. The molecule has 1 fully saturated rings. The third-order valence-corrected chi connectivity index (χ3v) is 6.66. The first-order chi connectivity index (χ1) is 16.2. The van der Waals surface area contributed by atoms with Crippen molar-refractivity contribution in [1.29, 1.82) is 0 Å². The Morgan fingerprint density at radius 2 is 1.97 bits per heavy atom. The van der Waals surface area contributed by atoms with E-state index in [1.807, 2.05) is 0 Å². The quantitative estimate of drug-likeness (QED) is 0.409. The van der Waals surface area contributed by atoms with Gasteiger partial charge in [-0.1, -0.05) is 0 Å². The first kappa shape index (κ1) is 28.9. The number of benzene rings is 1. The zero-order valence-corrected chi connectivity index (χ0v) is 21.1. The van der Waals surface area contributed by atoms with E-state index in [0.29, 0.717) is 4.31 Å². The number of carboxylic acid groups (broad SMARTS) is 1. The molecule has 36 heavy (non-hydrogen) atoms. The van der Waals surface area contributed by atoms with Crippen LogP contribution in [0.4, 0.5) is 25.4 Å². The van der Waals surface area contributed by atoms with Crippen molar-refractivity contribution in [2.45, 2.75) is 38.8 Å². The van der Waals surface area contributed by atoms with Gasteiger partial charge in [0, 0.05) is 38.2 Å². The van der Waals surface area contributed by atoms with Crippen molar-refractivity contribution in [3.8, 4) is 5.75 Å². The molecule has 1 aromatic carbocycles. The summed E-state index contributed by atoms with van der Waals surface area (Å²) in [5.74, 6) is -2.97. The van der Waals surface area contributed by atoms with Gasteiger partial charge in [-0.25, -0.2) is 23.0 Å². The number of hydrogen-bond donors (Lipinski definition) is 4. The SMILES string of the molecule is COCCN(C[C@H]1Cc2c(cc(O)c(N3CC(=O)NS3(=O)=O)c2F)N1C(=O)O)C(=O)OC(C)(C)C.N. The Morgan fingerprint density at radius 3 is 2.47 bits per heavy atom. The number of nitrogens with one attached hydrogen (secondary N) is 1. The average Bonchev–Trinajstić information content (AvgIpc) is 3.19. The molecule has 2 heterocycles. The number of amides is 3. The normalized spacial score (nSPS) is 18.4. The lowest BCUT2D eigenvalue weighted by Crippen LogP contribution is -2.48. The van der Waals surface area contributed by atoms with E-state index in [1.165, 1.54) is 12.0 Å². The Morgan fingerprint density at radius 1 is 1.33 bits per heavy atom. The second kappa shape index (κ2) is 10.3. The maximum absolute atomic E-state index is 15.5. The highest BCUT2D eigenvalue weighted by molar-refractivity contribution is 7.92. The number of ether oxygens (including phenoxy) is 2. The van der Waals surface area contributed by atoms with Gasteiger partial charge in [-0.05, 0) is 20.8 Å². The molecule has 14 nitrogen and oxygen atoms in total. The van der Waals surface area contributed by atoms with Crippen molar-refractivity contribution in [3.05, 3.63) is 17.4 Å². The molecule has 6 N–H and O–H groups in total. The van der Waals surface area contributed by atoms with Crippen LogP contribution in [0, 0.1) is 5.82 Å². The molecular formula is C20H30FN5O9S. The summed E-state index contributed by atoms with van der Waals surface area (Å²) in [5, 5.41) is 20.3. The number of fused-ring (bicyclic) bond motifs is 1. The lowest BCUT2D eigenvalue weighted by molar-refractivity contribution is -0.117. The molecule has 16 heteroatoms. The highest BCUT2D eigenvalue weighted by atomic mass is 32.2. The van der Waals surface area contributed by atoms with Crippen LogP contribution in [0.2, 0.25) is 0 Å². The predicted molar refractivity (Wildman–Crippen MR) is 125 cm³/mol. The summed E-state index contributed by atoms with van der Waals surface area (Å²) >= 11 is 0. The van der Waals surface area contributed by atoms with Gasteiger partial charge in [0.1, 0.15) is 23.6 Å². The van der Waals surface area contributed by atoms with Gasteiger partial charge in [0.05, 0.1) is 18.3 Å². The number of methoxy groups -OCH3 is 1. The van der Waals surface area contributed by atoms with Gasteiger partial charge < -0.3 is 30.7 Å². The molecule has 0 bridgehead atoms. The monoisotopic (exact) mass is 535 g/mol. The van der Waals surface area contributed by atoms with E-state index in [-0.39, 0.29) is 43.5 Å². The Hall–Kier alpha value is -3.37. The lowest BCUT2D eigenvalue weighted by Gasteiger charge is -2.31. The number of aromatic hydroxyl groups is 1. The van der Waals surface area contributed by atoms with E-state index in [9.17, 15) is 33.0 Å². The van der Waals surface area contributed by atoms with E-state index in [1.54, 1.807) is 25.5 Å². The molecule has 3 rings (SSSR count). The van der Waals surface area contributed by atoms with Gasteiger partial charge in [-0.2, -0.15) is 8.42 Å². The number of hydrogen-bond acceptors (Lipinski definition) is 9. The first-order valence-electron chi connectivity index (χ1n) is 10.5. The van der Waals surface area contributed by atoms with Crippen LogP contribution in [-0.2, 0) is 30.9 Å². The van der Waals surface area contributed by atoms with Crippen LogP contribution in [-0.4, -0.2) is 86.6 Å². The maximum Gasteiger partial charge on any atom is 0.412 e. The van der Waals surface area contributed by atoms with Crippen LogP contribution in [0.5, 0.6) is 5.75 Å². The zero-order valence-electron chi connectivity index (χ0n) is 20.3. The smallest absolute Gasteiger partial charge is 0.412 e. The zero-order chi connectivity index (χ0) is 26.3. The van der Waals surface area contributed by atoms with Crippen molar-refractivity contribution in [3.63, 3.8) is 0 Å². The number of nitrogens with zero attached hydrogens (tertiary/aromatic N) is 3. The molecule has 3 amide bonds. The van der Waals surface area contributed by atoms with Crippen LogP contribution < -0.4 is 20.1 Å². The van der Waals surface area contributed by atoms with Crippen LogP contribution in [0.1, 0.15) is 26.3 Å². The summed E-state index contributed by atoms with van der Waals surface area (Å²) in [4.78, 5) is 38.4. The maximum atomic E-state index is 15.5. The molecule has 0 aliphatic carbocycles. The molecule has 1 saturated heterocycles. The highest BCUT2D eigenvalue weighted by Crippen LogP contribution is 2.44. The van der Waals surface area contributed by atoms with Crippen LogP contribution in [0.25, 0.3) is 0 Å². The first-order valence-corrected chi connectivity index (χ1v) is 12.0. The summed E-state index contributed by atoms with van der Waals surface area (Å²) in [7, 11) is -3.01. The molecule has 0 unspecified atom stereocenters. The molecule has 0 radical (unpaired) electrons. The third kappa shape index (κ3) is 5.71.